The third-order valence-corrected chi connectivity index (χ3v) is 5.58. The lowest BCUT2D eigenvalue weighted by Crippen LogP contribution is -2.39. The summed E-state index contributed by atoms with van der Waals surface area (Å²) in [6, 6.07) is 8.96. The number of benzene rings is 1. The Hall–Kier alpha value is -2.31. The minimum Gasteiger partial charge on any atom is -0.383 e. The largest absolute Gasteiger partial charge is 0.383 e. The number of ether oxygens (including phenoxy) is 1. The average molecular weight is 397 g/mol. The lowest BCUT2D eigenvalue weighted by Gasteiger charge is -2.32. The minimum absolute atomic E-state index is 0.00195. The van der Waals surface area contributed by atoms with Crippen LogP contribution in [0.2, 0.25) is 0 Å². The van der Waals surface area contributed by atoms with Crippen LogP contribution in [0.1, 0.15) is 40.2 Å². The number of hydrogen-bond donors (Lipinski definition) is 0. The van der Waals surface area contributed by atoms with Gasteiger partial charge in [0.05, 0.1) is 18.5 Å². The number of rotatable bonds is 8. The van der Waals surface area contributed by atoms with E-state index in [9.17, 15) is 4.79 Å². The van der Waals surface area contributed by atoms with Gasteiger partial charge in [-0.2, -0.15) is 0 Å². The number of amides is 1. The van der Waals surface area contributed by atoms with Crippen LogP contribution in [0.3, 0.4) is 0 Å². The molecule has 0 bridgehead atoms. The van der Waals surface area contributed by atoms with Gasteiger partial charge in [-0.3, -0.25) is 14.7 Å². The predicted octanol–water partition coefficient (Wildman–Crippen LogP) is 2.96. The quantitative estimate of drug-likeness (QED) is 0.687. The molecule has 1 aliphatic heterocycles. The molecule has 1 fully saturated rings. The number of likely N-dealkylation sites (tertiary alicyclic amines) is 1. The standard InChI is InChI=1S/C23H32N4O2/c1-18-15-25-22(16-24-18)23(28)27-10-8-20(9-11-27)14-19-4-6-21(7-5-19)17-26(2)12-13-29-3/h4-7,15-16,20H,8-14,17H2,1-3H3. The molecule has 1 aliphatic rings. The maximum Gasteiger partial charge on any atom is 0.274 e. The zero-order chi connectivity index (χ0) is 20.6. The number of aromatic nitrogens is 2. The second kappa shape index (κ2) is 10.5. The van der Waals surface area contributed by atoms with Gasteiger partial charge in [0.25, 0.3) is 5.91 Å². The van der Waals surface area contributed by atoms with Crippen molar-refractivity contribution in [2.75, 3.05) is 40.4 Å². The Morgan fingerprint density at radius 3 is 2.45 bits per heavy atom. The smallest absolute Gasteiger partial charge is 0.274 e. The molecule has 3 rings (SSSR count). The number of likely N-dealkylation sites (N-methyl/N-ethyl adjacent to an activating group) is 1. The van der Waals surface area contributed by atoms with Crippen molar-refractivity contribution < 1.29 is 9.53 Å². The molecule has 1 aromatic carbocycles. The van der Waals surface area contributed by atoms with Gasteiger partial charge in [-0.05, 0) is 50.3 Å². The number of carbonyl (C=O) groups is 1. The van der Waals surface area contributed by atoms with Crippen molar-refractivity contribution in [1.82, 2.24) is 19.8 Å². The Labute approximate surface area is 173 Å². The van der Waals surface area contributed by atoms with Gasteiger partial charge in [0.15, 0.2) is 0 Å². The van der Waals surface area contributed by atoms with Crippen LogP contribution in [0.5, 0.6) is 0 Å². The monoisotopic (exact) mass is 396 g/mol. The van der Waals surface area contributed by atoms with Crippen LogP contribution in [0.15, 0.2) is 36.7 Å². The maximum absolute atomic E-state index is 12.6. The number of aryl methyl sites for hydroxylation is 1. The molecule has 0 aliphatic carbocycles. The molecule has 29 heavy (non-hydrogen) atoms. The van der Waals surface area contributed by atoms with E-state index < -0.39 is 0 Å². The fraction of sp³-hybridized carbons (Fsp3) is 0.522. The molecule has 1 aromatic heterocycles. The van der Waals surface area contributed by atoms with Crippen LogP contribution in [0.4, 0.5) is 0 Å². The van der Waals surface area contributed by atoms with Gasteiger partial charge >= 0.3 is 0 Å². The van der Waals surface area contributed by atoms with Crippen molar-refractivity contribution in [2.24, 2.45) is 5.92 Å². The van der Waals surface area contributed by atoms with E-state index in [1.54, 1.807) is 19.5 Å². The first kappa shape index (κ1) is 21.4. The molecule has 1 saturated heterocycles. The lowest BCUT2D eigenvalue weighted by atomic mass is 9.90. The molecule has 0 unspecified atom stereocenters. The van der Waals surface area contributed by atoms with E-state index in [-0.39, 0.29) is 5.91 Å². The molecule has 2 heterocycles. The fourth-order valence-corrected chi connectivity index (χ4v) is 3.76. The second-order valence-electron chi connectivity index (χ2n) is 8.03. The summed E-state index contributed by atoms with van der Waals surface area (Å²) in [6.45, 7) is 6.09. The number of carbonyl (C=O) groups excluding carboxylic acids is 1. The minimum atomic E-state index is -0.00195. The van der Waals surface area contributed by atoms with E-state index in [1.807, 2.05) is 11.8 Å². The molecule has 6 heteroatoms. The van der Waals surface area contributed by atoms with E-state index in [0.717, 1.165) is 57.7 Å². The van der Waals surface area contributed by atoms with E-state index in [1.165, 1.54) is 11.1 Å². The summed E-state index contributed by atoms with van der Waals surface area (Å²) < 4.78 is 5.13. The zero-order valence-corrected chi connectivity index (χ0v) is 17.8. The maximum atomic E-state index is 12.6. The summed E-state index contributed by atoms with van der Waals surface area (Å²) in [7, 11) is 3.85. The van der Waals surface area contributed by atoms with Gasteiger partial charge in [-0.25, -0.2) is 4.98 Å². The van der Waals surface area contributed by atoms with Crippen LogP contribution in [0.25, 0.3) is 0 Å². The second-order valence-corrected chi connectivity index (χ2v) is 8.03. The van der Waals surface area contributed by atoms with E-state index in [2.05, 4.69) is 46.2 Å². The van der Waals surface area contributed by atoms with E-state index in [4.69, 9.17) is 4.74 Å². The Morgan fingerprint density at radius 1 is 1.14 bits per heavy atom. The number of nitrogens with zero attached hydrogens (tertiary/aromatic N) is 4. The lowest BCUT2D eigenvalue weighted by molar-refractivity contribution is 0.0684. The number of methoxy groups -OCH3 is 1. The molecule has 6 nitrogen and oxygen atoms in total. The van der Waals surface area contributed by atoms with Crippen molar-refractivity contribution in [1.29, 1.82) is 0 Å². The van der Waals surface area contributed by atoms with Crippen LogP contribution in [-0.4, -0.2) is 66.1 Å². The van der Waals surface area contributed by atoms with Gasteiger partial charge in [-0.1, -0.05) is 24.3 Å². The molecule has 2 aromatic rings. The molecule has 156 valence electrons. The van der Waals surface area contributed by atoms with Crippen LogP contribution in [-0.2, 0) is 17.7 Å². The van der Waals surface area contributed by atoms with Gasteiger partial charge in [0, 0.05) is 39.5 Å². The van der Waals surface area contributed by atoms with Gasteiger partial charge < -0.3 is 9.64 Å². The van der Waals surface area contributed by atoms with E-state index in [0.29, 0.717) is 11.6 Å². The highest BCUT2D eigenvalue weighted by Crippen LogP contribution is 2.23. The summed E-state index contributed by atoms with van der Waals surface area (Å²) in [4.78, 5) is 25.2. The summed E-state index contributed by atoms with van der Waals surface area (Å²) in [6.07, 6.45) is 6.38. The highest BCUT2D eigenvalue weighted by atomic mass is 16.5. The molecule has 0 saturated carbocycles. The fourth-order valence-electron chi connectivity index (χ4n) is 3.76. The summed E-state index contributed by atoms with van der Waals surface area (Å²) in [5, 5.41) is 0. The Bertz CT molecular complexity index is 768. The molecule has 0 atom stereocenters. The first-order chi connectivity index (χ1) is 14.0. The summed E-state index contributed by atoms with van der Waals surface area (Å²) >= 11 is 0. The van der Waals surface area contributed by atoms with Crippen molar-refractivity contribution in [2.45, 2.75) is 32.7 Å². The topological polar surface area (TPSA) is 58.6 Å². The highest BCUT2D eigenvalue weighted by Gasteiger charge is 2.24. The zero-order valence-electron chi connectivity index (χ0n) is 17.8. The summed E-state index contributed by atoms with van der Waals surface area (Å²) in [5.74, 6) is 0.622. The van der Waals surface area contributed by atoms with Crippen molar-refractivity contribution >= 4 is 5.91 Å². The molecular weight excluding hydrogens is 364 g/mol. The SMILES string of the molecule is COCCN(C)Cc1ccc(CC2CCN(C(=O)c3cnc(C)cn3)CC2)cc1. The molecule has 0 N–H and O–H groups in total. The van der Waals surface area contributed by atoms with Crippen molar-refractivity contribution in [3.63, 3.8) is 0 Å². The molecule has 1 amide bonds. The van der Waals surface area contributed by atoms with Gasteiger partial charge in [0.1, 0.15) is 5.69 Å². The van der Waals surface area contributed by atoms with E-state index >= 15 is 0 Å². The van der Waals surface area contributed by atoms with Crippen LogP contribution in [0, 0.1) is 12.8 Å². The molecule has 0 spiro atoms. The Kier molecular flexibility index (Phi) is 7.72. The van der Waals surface area contributed by atoms with Crippen LogP contribution < -0.4 is 0 Å². The number of hydrogen-bond acceptors (Lipinski definition) is 5. The first-order valence-corrected chi connectivity index (χ1v) is 10.4. The van der Waals surface area contributed by atoms with Crippen molar-refractivity contribution in [3.05, 3.63) is 59.2 Å². The number of piperidine rings is 1. The average Bonchev–Trinajstić information content (AvgIpc) is 2.74. The van der Waals surface area contributed by atoms with Crippen molar-refractivity contribution in [3.8, 4) is 0 Å². The third-order valence-electron chi connectivity index (χ3n) is 5.58. The first-order valence-electron chi connectivity index (χ1n) is 10.4. The van der Waals surface area contributed by atoms with Gasteiger partial charge in [-0.15, -0.1) is 0 Å². The van der Waals surface area contributed by atoms with Crippen LogP contribution >= 0.6 is 0 Å². The molecule has 0 radical (unpaired) electrons. The molecular formula is C23H32N4O2. The highest BCUT2D eigenvalue weighted by molar-refractivity contribution is 5.92. The summed E-state index contributed by atoms with van der Waals surface area (Å²) in [5.41, 5.74) is 3.97. The third kappa shape index (κ3) is 6.34. The Balaban J connectivity index is 1.45. The Morgan fingerprint density at radius 2 is 1.83 bits per heavy atom. The predicted molar refractivity (Wildman–Crippen MR) is 114 cm³/mol. The van der Waals surface area contributed by atoms with Gasteiger partial charge in [0.2, 0.25) is 0 Å². The normalized spacial score (nSPS) is 15.1.